The second-order valence-electron chi connectivity index (χ2n) is 5.00. The van der Waals surface area contributed by atoms with E-state index in [0.717, 1.165) is 30.8 Å². The summed E-state index contributed by atoms with van der Waals surface area (Å²) in [5.74, 6) is 0. The molecule has 108 valence electrons. The number of aliphatic hydroxyl groups excluding tert-OH is 1. The number of likely N-dealkylation sites (N-methyl/N-ethyl adjacent to an activating group) is 1. The summed E-state index contributed by atoms with van der Waals surface area (Å²) in [5, 5.41) is 12.7. The van der Waals surface area contributed by atoms with Gasteiger partial charge in [-0.25, -0.2) is 0 Å². The Morgan fingerprint density at radius 2 is 2.11 bits per heavy atom. The molecule has 1 aromatic rings. The van der Waals surface area contributed by atoms with Crippen LogP contribution in [-0.4, -0.2) is 36.3 Å². The molecule has 0 aliphatic carbocycles. The summed E-state index contributed by atoms with van der Waals surface area (Å²) in [6.45, 7) is 7.49. The highest BCUT2D eigenvalue weighted by Gasteiger charge is 2.12. The summed E-state index contributed by atoms with van der Waals surface area (Å²) in [4.78, 5) is 6.59. The Morgan fingerprint density at radius 3 is 2.58 bits per heavy atom. The van der Waals surface area contributed by atoms with Crippen LogP contribution in [-0.2, 0) is 0 Å². The van der Waals surface area contributed by atoms with E-state index in [9.17, 15) is 5.11 Å². The van der Waals surface area contributed by atoms with Crippen LogP contribution >= 0.6 is 0 Å². The number of anilines is 1. The van der Waals surface area contributed by atoms with Crippen molar-refractivity contribution < 1.29 is 5.11 Å². The average molecular weight is 265 g/mol. The molecule has 0 spiro atoms. The molecular weight excluding hydrogens is 238 g/mol. The molecule has 0 saturated heterocycles. The van der Waals surface area contributed by atoms with Crippen LogP contribution in [0.2, 0.25) is 0 Å². The van der Waals surface area contributed by atoms with Gasteiger partial charge >= 0.3 is 0 Å². The number of nitrogens with zero attached hydrogens (tertiary/aromatic N) is 2. The van der Waals surface area contributed by atoms with Crippen LogP contribution < -0.4 is 10.2 Å². The number of rotatable bonds is 8. The van der Waals surface area contributed by atoms with Crippen LogP contribution in [0.15, 0.2) is 18.3 Å². The van der Waals surface area contributed by atoms with Gasteiger partial charge in [-0.2, -0.15) is 0 Å². The van der Waals surface area contributed by atoms with Gasteiger partial charge in [-0.1, -0.05) is 13.8 Å². The zero-order valence-electron chi connectivity index (χ0n) is 12.6. The van der Waals surface area contributed by atoms with Crippen LogP contribution in [0.25, 0.3) is 0 Å². The Balaban J connectivity index is 2.74. The van der Waals surface area contributed by atoms with Gasteiger partial charge in [0.2, 0.25) is 0 Å². The van der Waals surface area contributed by atoms with Crippen molar-refractivity contribution in [2.75, 3.05) is 25.1 Å². The van der Waals surface area contributed by atoms with E-state index in [-0.39, 0.29) is 12.6 Å². The fraction of sp³-hybridized carbons (Fsp3) is 0.667. The monoisotopic (exact) mass is 265 g/mol. The molecule has 0 radical (unpaired) electrons. The van der Waals surface area contributed by atoms with Crippen molar-refractivity contribution in [3.05, 3.63) is 24.0 Å². The highest BCUT2D eigenvalue weighted by molar-refractivity contribution is 5.44. The summed E-state index contributed by atoms with van der Waals surface area (Å²) in [6, 6.07) is 4.58. The topological polar surface area (TPSA) is 48.4 Å². The molecule has 2 unspecified atom stereocenters. The lowest BCUT2D eigenvalue weighted by atomic mass is 10.1. The van der Waals surface area contributed by atoms with Gasteiger partial charge in [-0.05, 0) is 38.4 Å². The molecule has 0 saturated carbocycles. The van der Waals surface area contributed by atoms with E-state index >= 15 is 0 Å². The van der Waals surface area contributed by atoms with Crippen LogP contribution in [0.3, 0.4) is 0 Å². The third kappa shape index (κ3) is 4.48. The molecule has 4 nitrogen and oxygen atoms in total. The quantitative estimate of drug-likeness (QED) is 0.757. The van der Waals surface area contributed by atoms with Crippen molar-refractivity contribution in [3.8, 4) is 0 Å². The minimum absolute atomic E-state index is 0.104. The van der Waals surface area contributed by atoms with Crippen LogP contribution in [0.5, 0.6) is 0 Å². The predicted molar refractivity (Wildman–Crippen MR) is 80.5 cm³/mol. The fourth-order valence-electron chi connectivity index (χ4n) is 1.97. The third-order valence-electron chi connectivity index (χ3n) is 3.51. The van der Waals surface area contributed by atoms with Gasteiger partial charge in [-0.3, -0.25) is 4.98 Å². The molecule has 1 aromatic heterocycles. The molecule has 1 rings (SSSR count). The second kappa shape index (κ2) is 8.12. The maximum atomic E-state index is 9.17. The van der Waals surface area contributed by atoms with Crippen molar-refractivity contribution in [3.63, 3.8) is 0 Å². The lowest BCUT2D eigenvalue weighted by Gasteiger charge is -2.25. The largest absolute Gasteiger partial charge is 0.394 e. The van der Waals surface area contributed by atoms with E-state index < -0.39 is 0 Å². The number of pyridine rings is 1. The van der Waals surface area contributed by atoms with Gasteiger partial charge in [0, 0.05) is 19.1 Å². The van der Waals surface area contributed by atoms with Gasteiger partial charge in [-0.15, -0.1) is 0 Å². The lowest BCUT2D eigenvalue weighted by molar-refractivity contribution is 0.270. The van der Waals surface area contributed by atoms with Crippen LogP contribution in [0, 0.1) is 0 Å². The van der Waals surface area contributed by atoms with Crippen LogP contribution in [0.4, 0.5) is 5.69 Å². The standard InChI is InChI=1S/C15H27N3O/c1-5-9-16-14(6-2)15-8-7-13(10-17-15)18(4)12(3)11-19/h7-8,10,12,14,16,19H,5-6,9,11H2,1-4H3. The van der Waals surface area contributed by atoms with Gasteiger partial charge < -0.3 is 15.3 Å². The predicted octanol–water partition coefficient (Wildman–Crippen LogP) is 2.35. The summed E-state index contributed by atoms with van der Waals surface area (Å²) in [7, 11) is 1.98. The number of aliphatic hydroxyl groups is 1. The maximum absolute atomic E-state index is 9.17. The van der Waals surface area contributed by atoms with E-state index in [4.69, 9.17) is 0 Å². The highest BCUT2D eigenvalue weighted by Crippen LogP contribution is 2.19. The van der Waals surface area contributed by atoms with Crippen molar-refractivity contribution in [1.82, 2.24) is 10.3 Å². The highest BCUT2D eigenvalue weighted by atomic mass is 16.3. The van der Waals surface area contributed by atoms with Gasteiger partial charge in [0.25, 0.3) is 0 Å². The summed E-state index contributed by atoms with van der Waals surface area (Å²) < 4.78 is 0. The molecule has 0 amide bonds. The Morgan fingerprint density at radius 1 is 1.37 bits per heavy atom. The minimum atomic E-state index is 0.104. The molecule has 0 bridgehead atoms. The van der Waals surface area contributed by atoms with E-state index in [2.05, 4.69) is 36.3 Å². The first-order chi connectivity index (χ1) is 9.13. The van der Waals surface area contributed by atoms with Gasteiger partial charge in [0.05, 0.1) is 24.2 Å². The van der Waals surface area contributed by atoms with Crippen molar-refractivity contribution in [2.45, 2.75) is 45.7 Å². The maximum Gasteiger partial charge on any atom is 0.0632 e. The average Bonchev–Trinajstić information content (AvgIpc) is 2.47. The Hall–Kier alpha value is -1.13. The Kier molecular flexibility index (Phi) is 6.81. The molecule has 4 heteroatoms. The molecule has 2 atom stereocenters. The van der Waals surface area contributed by atoms with Crippen molar-refractivity contribution >= 4 is 5.69 Å². The number of nitrogens with one attached hydrogen (secondary N) is 1. The summed E-state index contributed by atoms with van der Waals surface area (Å²) in [6.07, 6.45) is 4.05. The smallest absolute Gasteiger partial charge is 0.0632 e. The number of hydrogen-bond acceptors (Lipinski definition) is 4. The molecule has 0 fully saturated rings. The SMILES string of the molecule is CCCNC(CC)c1ccc(N(C)C(C)CO)cn1. The molecule has 0 aliphatic rings. The van der Waals surface area contributed by atoms with Crippen molar-refractivity contribution in [2.24, 2.45) is 0 Å². The fourth-order valence-corrected chi connectivity index (χ4v) is 1.97. The number of hydrogen-bond donors (Lipinski definition) is 2. The second-order valence-corrected chi connectivity index (χ2v) is 5.00. The Bertz CT molecular complexity index is 353. The lowest BCUT2D eigenvalue weighted by Crippen LogP contribution is -2.32. The number of aromatic nitrogens is 1. The van der Waals surface area contributed by atoms with Crippen LogP contribution in [0.1, 0.15) is 45.3 Å². The molecule has 2 N–H and O–H groups in total. The summed E-state index contributed by atoms with van der Waals surface area (Å²) in [5.41, 5.74) is 2.13. The van der Waals surface area contributed by atoms with E-state index in [1.165, 1.54) is 0 Å². The Labute approximate surface area is 116 Å². The first-order valence-corrected chi connectivity index (χ1v) is 7.17. The van der Waals surface area contributed by atoms with E-state index in [1.54, 1.807) is 0 Å². The third-order valence-corrected chi connectivity index (χ3v) is 3.51. The molecule has 0 aromatic carbocycles. The minimum Gasteiger partial charge on any atom is -0.394 e. The van der Waals surface area contributed by atoms with E-state index in [0.29, 0.717) is 6.04 Å². The zero-order chi connectivity index (χ0) is 14.3. The van der Waals surface area contributed by atoms with E-state index in [1.807, 2.05) is 25.1 Å². The molecule has 0 aliphatic heterocycles. The van der Waals surface area contributed by atoms with Gasteiger partial charge in [0.15, 0.2) is 0 Å². The summed E-state index contributed by atoms with van der Waals surface area (Å²) >= 11 is 0. The normalized spacial score (nSPS) is 14.2. The van der Waals surface area contributed by atoms with Crippen molar-refractivity contribution in [1.29, 1.82) is 0 Å². The molecule has 19 heavy (non-hydrogen) atoms. The van der Waals surface area contributed by atoms with Gasteiger partial charge in [0.1, 0.15) is 0 Å². The molecule has 1 heterocycles. The zero-order valence-corrected chi connectivity index (χ0v) is 12.6. The molecular formula is C15H27N3O. The first-order valence-electron chi connectivity index (χ1n) is 7.17. The first kappa shape index (κ1) is 15.9.